The number of rotatable bonds is 4. The van der Waals surface area contributed by atoms with Crippen LogP contribution in [0.15, 0.2) is 36.5 Å². The van der Waals surface area contributed by atoms with Crippen molar-refractivity contribution < 1.29 is 9.59 Å². The van der Waals surface area contributed by atoms with Crippen LogP contribution in [-0.2, 0) is 16.0 Å². The van der Waals surface area contributed by atoms with E-state index in [2.05, 4.69) is 30.2 Å². The maximum Gasteiger partial charge on any atom is 0.246 e. The van der Waals surface area contributed by atoms with E-state index in [0.29, 0.717) is 30.3 Å². The van der Waals surface area contributed by atoms with Crippen molar-refractivity contribution in [1.29, 1.82) is 0 Å². The minimum atomic E-state index is 0.0654. The number of pyridine rings is 1. The summed E-state index contributed by atoms with van der Waals surface area (Å²) in [4.78, 5) is 31.9. The van der Waals surface area contributed by atoms with Gasteiger partial charge < -0.3 is 10.2 Å². The van der Waals surface area contributed by atoms with Gasteiger partial charge >= 0.3 is 0 Å². The fourth-order valence-corrected chi connectivity index (χ4v) is 8.15. The molecule has 32 heavy (non-hydrogen) atoms. The fraction of sp³-hybridized carbons (Fsp3) is 0.667. The number of nitrogens with zero attached hydrogens (tertiary/aromatic N) is 2. The number of hydrogen-bond acceptors (Lipinski definition) is 3. The van der Waals surface area contributed by atoms with E-state index in [1.54, 1.807) is 6.08 Å². The summed E-state index contributed by atoms with van der Waals surface area (Å²) < 4.78 is 0. The maximum atomic E-state index is 13.2. The lowest BCUT2D eigenvalue weighted by molar-refractivity contribution is -0.142. The van der Waals surface area contributed by atoms with E-state index in [-0.39, 0.29) is 28.6 Å². The van der Waals surface area contributed by atoms with E-state index in [9.17, 15) is 9.59 Å². The van der Waals surface area contributed by atoms with Gasteiger partial charge in [0.1, 0.15) is 0 Å². The van der Waals surface area contributed by atoms with Gasteiger partial charge in [-0.3, -0.25) is 14.6 Å². The molecule has 0 spiro atoms. The lowest BCUT2D eigenvalue weighted by atomic mass is 9.47. The molecule has 2 amide bonds. The molecule has 0 saturated heterocycles. The molecule has 0 unspecified atom stereocenters. The number of carbonyl (C=O) groups is 2. The molecule has 1 N–H and O–H groups in total. The van der Waals surface area contributed by atoms with Crippen molar-refractivity contribution in [2.24, 2.45) is 34.5 Å². The second-order valence-electron chi connectivity index (χ2n) is 11.2. The van der Waals surface area contributed by atoms with Crippen LogP contribution >= 0.6 is 0 Å². The molecular formula is C27H37N3O2. The van der Waals surface area contributed by atoms with Gasteiger partial charge in [0.15, 0.2) is 0 Å². The van der Waals surface area contributed by atoms with Gasteiger partial charge in [0.25, 0.3) is 0 Å². The number of likely N-dealkylation sites (N-methyl/N-ethyl adjacent to an activating group) is 1. The van der Waals surface area contributed by atoms with Gasteiger partial charge in [0.05, 0.1) is 0 Å². The van der Waals surface area contributed by atoms with E-state index < -0.39 is 0 Å². The average Bonchev–Trinajstić information content (AvgIpc) is 3.15. The number of fused-ring (bicyclic) bond motifs is 5. The number of hydrogen-bond donors (Lipinski definition) is 1. The third kappa shape index (κ3) is 3.31. The summed E-state index contributed by atoms with van der Waals surface area (Å²) in [5.41, 5.74) is 1.19. The highest BCUT2D eigenvalue weighted by atomic mass is 16.2. The molecule has 4 aliphatic rings. The molecule has 172 valence electrons. The zero-order valence-corrected chi connectivity index (χ0v) is 19.7. The monoisotopic (exact) mass is 435 g/mol. The molecule has 1 aromatic rings. The summed E-state index contributed by atoms with van der Waals surface area (Å²) in [5, 5.41) is 3.23. The van der Waals surface area contributed by atoms with Crippen LogP contribution in [0.3, 0.4) is 0 Å². The summed E-state index contributed by atoms with van der Waals surface area (Å²) in [5.74, 6) is 2.39. The Balaban J connectivity index is 1.28. The molecule has 3 saturated carbocycles. The predicted octanol–water partition coefficient (Wildman–Crippen LogP) is 4.00. The summed E-state index contributed by atoms with van der Waals surface area (Å²) in [6, 6.07) is 6.25. The van der Waals surface area contributed by atoms with Crippen LogP contribution in [-0.4, -0.2) is 41.3 Å². The van der Waals surface area contributed by atoms with Crippen molar-refractivity contribution in [2.75, 3.05) is 13.6 Å². The topological polar surface area (TPSA) is 62.3 Å². The van der Waals surface area contributed by atoms with Gasteiger partial charge in [-0.15, -0.1) is 0 Å². The van der Waals surface area contributed by atoms with E-state index in [1.807, 2.05) is 36.3 Å². The number of aromatic nitrogens is 1. The number of nitrogens with one attached hydrogen (secondary N) is 1. The molecule has 2 heterocycles. The number of carbonyl (C=O) groups excluding carboxylic acids is 2. The smallest absolute Gasteiger partial charge is 0.246 e. The van der Waals surface area contributed by atoms with Crippen LogP contribution in [0.4, 0.5) is 0 Å². The third-order valence-electron chi connectivity index (χ3n) is 9.85. The van der Waals surface area contributed by atoms with Crippen LogP contribution in [0.1, 0.15) is 58.1 Å². The second-order valence-corrected chi connectivity index (χ2v) is 11.2. The molecule has 0 aromatic carbocycles. The van der Waals surface area contributed by atoms with E-state index >= 15 is 0 Å². The van der Waals surface area contributed by atoms with Crippen molar-refractivity contribution in [1.82, 2.24) is 15.2 Å². The van der Waals surface area contributed by atoms with E-state index in [4.69, 9.17) is 0 Å². The molecule has 0 radical (unpaired) electrons. The quantitative estimate of drug-likeness (QED) is 0.778. The molecule has 3 fully saturated rings. The lowest BCUT2D eigenvalue weighted by Gasteiger charge is -2.60. The molecule has 5 rings (SSSR count). The minimum absolute atomic E-state index is 0.0654. The van der Waals surface area contributed by atoms with Crippen molar-refractivity contribution in [2.45, 2.75) is 64.8 Å². The highest BCUT2D eigenvalue weighted by molar-refractivity contribution is 5.89. The Morgan fingerprint density at radius 2 is 2.00 bits per heavy atom. The zero-order chi connectivity index (χ0) is 22.5. The average molecular weight is 436 g/mol. The third-order valence-corrected chi connectivity index (χ3v) is 9.85. The van der Waals surface area contributed by atoms with E-state index in [0.717, 1.165) is 44.2 Å². The summed E-state index contributed by atoms with van der Waals surface area (Å²) in [6.45, 7) is 5.43. The Morgan fingerprint density at radius 1 is 1.16 bits per heavy atom. The molecular weight excluding hydrogens is 398 g/mol. The van der Waals surface area contributed by atoms with Crippen LogP contribution in [0.2, 0.25) is 0 Å². The first-order valence-corrected chi connectivity index (χ1v) is 12.5. The van der Waals surface area contributed by atoms with Crippen LogP contribution in [0.5, 0.6) is 0 Å². The van der Waals surface area contributed by atoms with Gasteiger partial charge in [0.2, 0.25) is 11.8 Å². The normalized spacial score (nSPS) is 40.4. The van der Waals surface area contributed by atoms with E-state index in [1.165, 1.54) is 6.42 Å². The summed E-state index contributed by atoms with van der Waals surface area (Å²) in [7, 11) is 1.98. The van der Waals surface area contributed by atoms with Gasteiger partial charge in [-0.05, 0) is 79.9 Å². The molecule has 3 aliphatic carbocycles. The second kappa shape index (κ2) is 8.00. The van der Waals surface area contributed by atoms with Crippen molar-refractivity contribution in [3.63, 3.8) is 0 Å². The zero-order valence-electron chi connectivity index (χ0n) is 19.7. The van der Waals surface area contributed by atoms with Crippen molar-refractivity contribution in [3.05, 3.63) is 42.2 Å². The first-order valence-electron chi connectivity index (χ1n) is 12.5. The van der Waals surface area contributed by atoms with Gasteiger partial charge in [-0.1, -0.05) is 26.0 Å². The highest BCUT2D eigenvalue weighted by Gasteiger charge is 2.61. The summed E-state index contributed by atoms with van der Waals surface area (Å²) in [6.07, 6.45) is 13.3. The molecule has 0 bridgehead atoms. The Labute approximate surface area is 192 Å². The minimum Gasteiger partial charge on any atom is -0.355 e. The molecule has 1 aliphatic heterocycles. The molecule has 1 aromatic heterocycles. The van der Waals surface area contributed by atoms with Gasteiger partial charge in [0, 0.05) is 49.3 Å². The molecule has 7 atom stereocenters. The van der Waals surface area contributed by atoms with Crippen LogP contribution in [0, 0.1) is 34.5 Å². The van der Waals surface area contributed by atoms with Crippen LogP contribution < -0.4 is 5.32 Å². The Bertz CT molecular complexity index is 915. The standard InChI is InChI=1S/C27H37N3O2/c1-26-14-11-21-19(7-10-23-27(21,2)15-12-24(31)30(23)3)20(26)8-9-22(26)25(32)29-17-13-18-6-4-5-16-28-18/h4-6,12,15-16,19-23H,7-11,13-14,17H2,1-3H3,(H,29,32)/t19-,20-,21-,22+,23+,26-,27+/m0/s1. The predicted molar refractivity (Wildman–Crippen MR) is 125 cm³/mol. The number of amides is 2. The highest BCUT2D eigenvalue weighted by Crippen LogP contribution is 2.65. The Morgan fingerprint density at radius 3 is 2.78 bits per heavy atom. The molecule has 5 nitrogen and oxygen atoms in total. The van der Waals surface area contributed by atoms with Crippen LogP contribution in [0.25, 0.3) is 0 Å². The van der Waals surface area contributed by atoms with Gasteiger partial charge in [-0.25, -0.2) is 0 Å². The lowest BCUT2D eigenvalue weighted by Crippen LogP contribution is -2.59. The fourth-order valence-electron chi connectivity index (χ4n) is 8.15. The Hall–Kier alpha value is -2.17. The first kappa shape index (κ1) is 21.7. The largest absolute Gasteiger partial charge is 0.355 e. The van der Waals surface area contributed by atoms with Gasteiger partial charge in [-0.2, -0.15) is 0 Å². The molecule has 5 heteroatoms. The van der Waals surface area contributed by atoms with Crippen molar-refractivity contribution in [3.8, 4) is 0 Å². The Kier molecular flexibility index (Phi) is 5.42. The summed E-state index contributed by atoms with van der Waals surface area (Å²) >= 11 is 0. The maximum absolute atomic E-state index is 13.2. The van der Waals surface area contributed by atoms with Crippen molar-refractivity contribution >= 4 is 11.8 Å². The SMILES string of the molecule is CN1C(=O)C=C[C@]2(C)[C@H]3CC[C@]4(C)[C@@H](C(=O)NCCc5ccccn5)CC[C@H]4[C@@H]3CC[C@@H]12. The first-order chi connectivity index (χ1) is 15.3.